The molecule has 0 aromatic heterocycles. The van der Waals surface area contributed by atoms with Gasteiger partial charge in [0.25, 0.3) is 0 Å². The molecule has 5 heteroatoms. The molecule has 2 atom stereocenters. The summed E-state index contributed by atoms with van der Waals surface area (Å²) in [6, 6.07) is 6.83. The minimum atomic E-state index is 0. The Morgan fingerprint density at radius 1 is 1.45 bits per heavy atom. The first kappa shape index (κ1) is 17.1. The van der Waals surface area contributed by atoms with E-state index < -0.39 is 0 Å². The van der Waals surface area contributed by atoms with E-state index in [0.29, 0.717) is 6.04 Å². The van der Waals surface area contributed by atoms with Crippen LogP contribution in [0.2, 0.25) is 0 Å². The van der Waals surface area contributed by atoms with E-state index in [2.05, 4.69) is 40.7 Å². The van der Waals surface area contributed by atoms with Crippen LogP contribution in [0.3, 0.4) is 0 Å². The molecule has 112 valence electrons. The normalized spacial score (nSPS) is 20.9. The van der Waals surface area contributed by atoms with Crippen molar-refractivity contribution >= 4 is 29.9 Å². The smallest absolute Gasteiger partial charge is 0.191 e. The van der Waals surface area contributed by atoms with E-state index in [-0.39, 0.29) is 24.0 Å². The minimum absolute atomic E-state index is 0. The molecular formula is C15H24IN3O. The number of benzene rings is 1. The van der Waals surface area contributed by atoms with E-state index in [9.17, 15) is 0 Å². The lowest BCUT2D eigenvalue weighted by Crippen LogP contribution is -2.38. The highest BCUT2D eigenvalue weighted by atomic mass is 127. The van der Waals surface area contributed by atoms with Crippen LogP contribution in [0, 0.1) is 12.8 Å². The molecule has 1 aromatic carbocycles. The Hall–Kier alpha value is -0.980. The van der Waals surface area contributed by atoms with Crippen LogP contribution in [0.4, 0.5) is 0 Å². The summed E-state index contributed by atoms with van der Waals surface area (Å²) in [5, 5.41) is 6.74. The maximum Gasteiger partial charge on any atom is 0.191 e. The summed E-state index contributed by atoms with van der Waals surface area (Å²) in [4.78, 5) is 4.24. The van der Waals surface area contributed by atoms with Gasteiger partial charge < -0.3 is 15.4 Å². The zero-order valence-corrected chi connectivity index (χ0v) is 14.9. The molecule has 0 bridgehead atoms. The monoisotopic (exact) mass is 389 g/mol. The van der Waals surface area contributed by atoms with E-state index in [4.69, 9.17) is 4.74 Å². The average Bonchev–Trinajstić information content (AvgIpc) is 3.11. The number of guanidine groups is 1. The van der Waals surface area contributed by atoms with Gasteiger partial charge in [-0.3, -0.25) is 4.99 Å². The lowest BCUT2D eigenvalue weighted by atomic mass is 10.1. The predicted octanol–water partition coefficient (Wildman–Crippen LogP) is 2.70. The molecule has 1 aliphatic rings. The predicted molar refractivity (Wildman–Crippen MR) is 94.0 cm³/mol. The van der Waals surface area contributed by atoms with Gasteiger partial charge >= 0.3 is 0 Å². The van der Waals surface area contributed by atoms with E-state index in [1.165, 1.54) is 12.0 Å². The molecule has 4 nitrogen and oxygen atoms in total. The summed E-state index contributed by atoms with van der Waals surface area (Å²) >= 11 is 0. The Morgan fingerprint density at radius 2 is 2.15 bits per heavy atom. The quantitative estimate of drug-likeness (QED) is 0.473. The van der Waals surface area contributed by atoms with E-state index in [0.717, 1.165) is 29.7 Å². The Kier molecular flexibility index (Phi) is 6.58. The molecule has 0 saturated heterocycles. The number of aryl methyl sites for hydroxylation is 1. The van der Waals surface area contributed by atoms with E-state index in [1.807, 2.05) is 6.92 Å². The molecule has 0 amide bonds. The van der Waals surface area contributed by atoms with Crippen LogP contribution in [0.5, 0.6) is 5.75 Å². The number of nitrogens with one attached hydrogen (secondary N) is 2. The topological polar surface area (TPSA) is 45.7 Å². The van der Waals surface area contributed by atoms with Gasteiger partial charge in [-0.2, -0.15) is 0 Å². The second kappa shape index (κ2) is 7.71. The highest BCUT2D eigenvalue weighted by Crippen LogP contribution is 2.28. The van der Waals surface area contributed by atoms with Crippen molar-refractivity contribution in [2.75, 3.05) is 14.2 Å². The molecule has 1 aromatic rings. The molecule has 0 radical (unpaired) electrons. The summed E-state index contributed by atoms with van der Waals surface area (Å²) < 4.78 is 5.33. The molecule has 20 heavy (non-hydrogen) atoms. The standard InChI is InChI=1S/C15H23N3O.HI/c1-10-5-6-12(8-14(10)19-4)9-17-15(16-3)18-13-7-11(13)2;/h5-6,8,11,13H,7,9H2,1-4H3,(H2,16,17,18);1H. The molecule has 1 saturated carbocycles. The van der Waals surface area contributed by atoms with Crippen molar-refractivity contribution in [3.63, 3.8) is 0 Å². The van der Waals surface area contributed by atoms with Crippen LogP contribution in [-0.2, 0) is 6.54 Å². The summed E-state index contributed by atoms with van der Waals surface area (Å²) in [7, 11) is 3.51. The summed E-state index contributed by atoms with van der Waals surface area (Å²) in [6.07, 6.45) is 1.24. The summed E-state index contributed by atoms with van der Waals surface area (Å²) in [5.74, 6) is 2.56. The van der Waals surface area contributed by atoms with Gasteiger partial charge in [-0.05, 0) is 36.5 Å². The largest absolute Gasteiger partial charge is 0.496 e. The molecule has 2 rings (SSSR count). The van der Waals surface area contributed by atoms with Crippen molar-refractivity contribution in [1.29, 1.82) is 0 Å². The van der Waals surface area contributed by atoms with Crippen molar-refractivity contribution in [1.82, 2.24) is 10.6 Å². The first-order valence-corrected chi connectivity index (χ1v) is 6.74. The lowest BCUT2D eigenvalue weighted by Gasteiger charge is -2.12. The van der Waals surface area contributed by atoms with Gasteiger partial charge in [-0.15, -0.1) is 24.0 Å². The Labute approximate surface area is 138 Å². The van der Waals surface area contributed by atoms with Crippen molar-refractivity contribution in [3.05, 3.63) is 29.3 Å². The SMILES string of the molecule is CN=C(NCc1ccc(C)c(OC)c1)NC1CC1C.I. The van der Waals surface area contributed by atoms with Gasteiger partial charge in [0.2, 0.25) is 0 Å². The van der Waals surface area contributed by atoms with Gasteiger partial charge in [-0.25, -0.2) is 0 Å². The van der Waals surface area contributed by atoms with Gasteiger partial charge in [0.1, 0.15) is 5.75 Å². The number of ether oxygens (including phenoxy) is 1. The Morgan fingerprint density at radius 3 is 2.70 bits per heavy atom. The van der Waals surface area contributed by atoms with Crippen molar-refractivity contribution < 1.29 is 4.74 Å². The number of nitrogens with zero attached hydrogens (tertiary/aromatic N) is 1. The number of hydrogen-bond donors (Lipinski definition) is 2. The van der Waals surface area contributed by atoms with Gasteiger partial charge in [0.05, 0.1) is 7.11 Å². The van der Waals surface area contributed by atoms with Crippen molar-refractivity contribution in [2.24, 2.45) is 10.9 Å². The van der Waals surface area contributed by atoms with Gasteiger partial charge in [0, 0.05) is 19.6 Å². The first-order valence-electron chi connectivity index (χ1n) is 6.74. The van der Waals surface area contributed by atoms with Gasteiger partial charge in [-0.1, -0.05) is 19.1 Å². The van der Waals surface area contributed by atoms with Crippen molar-refractivity contribution in [2.45, 2.75) is 32.9 Å². The number of methoxy groups -OCH3 is 1. The molecule has 2 N–H and O–H groups in total. The molecule has 1 aliphatic carbocycles. The third-order valence-electron chi connectivity index (χ3n) is 3.59. The minimum Gasteiger partial charge on any atom is -0.496 e. The highest BCUT2D eigenvalue weighted by molar-refractivity contribution is 14.0. The Bertz CT molecular complexity index is 476. The fourth-order valence-corrected chi connectivity index (χ4v) is 2.05. The van der Waals surface area contributed by atoms with Crippen LogP contribution >= 0.6 is 24.0 Å². The number of hydrogen-bond acceptors (Lipinski definition) is 2. The maximum absolute atomic E-state index is 5.33. The number of aliphatic imine (C=N–C) groups is 1. The third kappa shape index (κ3) is 4.54. The second-order valence-electron chi connectivity index (χ2n) is 5.19. The average molecular weight is 389 g/mol. The van der Waals surface area contributed by atoms with Crippen molar-refractivity contribution in [3.8, 4) is 5.75 Å². The zero-order chi connectivity index (χ0) is 13.8. The number of rotatable bonds is 4. The fourth-order valence-electron chi connectivity index (χ4n) is 2.05. The van der Waals surface area contributed by atoms with Crippen LogP contribution in [0.15, 0.2) is 23.2 Å². The zero-order valence-electron chi connectivity index (χ0n) is 12.6. The lowest BCUT2D eigenvalue weighted by molar-refractivity contribution is 0.411. The Balaban J connectivity index is 0.00000200. The molecule has 2 unspecified atom stereocenters. The van der Waals surface area contributed by atoms with E-state index >= 15 is 0 Å². The third-order valence-corrected chi connectivity index (χ3v) is 3.59. The highest BCUT2D eigenvalue weighted by Gasteiger charge is 2.33. The molecular weight excluding hydrogens is 365 g/mol. The van der Waals surface area contributed by atoms with Crippen LogP contribution in [0.25, 0.3) is 0 Å². The first-order chi connectivity index (χ1) is 9.13. The van der Waals surface area contributed by atoms with E-state index in [1.54, 1.807) is 14.2 Å². The van der Waals surface area contributed by atoms with Gasteiger partial charge in [0.15, 0.2) is 5.96 Å². The van der Waals surface area contributed by atoms with Crippen LogP contribution < -0.4 is 15.4 Å². The maximum atomic E-state index is 5.33. The fraction of sp³-hybridized carbons (Fsp3) is 0.533. The van der Waals surface area contributed by atoms with Crippen LogP contribution in [0.1, 0.15) is 24.5 Å². The second-order valence-corrected chi connectivity index (χ2v) is 5.19. The molecule has 0 aliphatic heterocycles. The molecule has 0 heterocycles. The number of halogens is 1. The van der Waals surface area contributed by atoms with Crippen LogP contribution in [-0.4, -0.2) is 26.2 Å². The molecule has 1 fully saturated rings. The summed E-state index contributed by atoms with van der Waals surface area (Å²) in [5.41, 5.74) is 2.34. The summed E-state index contributed by atoms with van der Waals surface area (Å²) in [6.45, 7) is 5.04. The molecule has 0 spiro atoms.